The molecule has 1 saturated carbocycles. The summed E-state index contributed by atoms with van der Waals surface area (Å²) < 4.78 is 0. The fourth-order valence-electron chi connectivity index (χ4n) is 2.96. The van der Waals surface area contributed by atoms with Crippen molar-refractivity contribution in [2.45, 2.75) is 51.5 Å². The van der Waals surface area contributed by atoms with Gasteiger partial charge in [-0.05, 0) is 37.8 Å². The van der Waals surface area contributed by atoms with Gasteiger partial charge in [-0.2, -0.15) is 0 Å². The van der Waals surface area contributed by atoms with Gasteiger partial charge in [0.25, 0.3) is 0 Å². The van der Waals surface area contributed by atoms with Crippen molar-refractivity contribution >= 4 is 24.0 Å². The van der Waals surface area contributed by atoms with Crippen LogP contribution in [0.2, 0.25) is 0 Å². The van der Waals surface area contributed by atoms with E-state index in [0.717, 1.165) is 50.8 Å². The van der Waals surface area contributed by atoms with Crippen molar-refractivity contribution in [3.8, 4) is 0 Å². The van der Waals surface area contributed by atoms with Crippen molar-refractivity contribution in [1.29, 1.82) is 0 Å². The molecule has 21 heavy (non-hydrogen) atoms. The van der Waals surface area contributed by atoms with E-state index >= 15 is 0 Å². The fraction of sp³-hybridized carbons (Fsp3) is 0.588. The lowest BCUT2D eigenvalue weighted by Crippen LogP contribution is -2.41. The number of benzene rings is 1. The number of nitrogens with zero attached hydrogens (tertiary/aromatic N) is 1. The number of amides is 1. The minimum absolute atomic E-state index is 0. The van der Waals surface area contributed by atoms with E-state index in [0.29, 0.717) is 0 Å². The van der Waals surface area contributed by atoms with Crippen LogP contribution in [0.1, 0.15) is 45.4 Å². The lowest BCUT2D eigenvalue weighted by Gasteiger charge is -2.31. The molecule has 1 amide bonds. The molecule has 1 aromatic carbocycles. The highest BCUT2D eigenvalue weighted by molar-refractivity contribution is 5.95. The van der Waals surface area contributed by atoms with Crippen LogP contribution in [0.3, 0.4) is 0 Å². The van der Waals surface area contributed by atoms with Crippen LogP contribution in [0.15, 0.2) is 30.3 Å². The predicted molar refractivity (Wildman–Crippen MR) is 90.9 cm³/mol. The number of para-hydroxylation sites is 1. The maximum absolute atomic E-state index is 12.8. The highest BCUT2D eigenvalue weighted by Gasteiger charge is 2.29. The Morgan fingerprint density at radius 3 is 2.62 bits per heavy atom. The van der Waals surface area contributed by atoms with Crippen molar-refractivity contribution in [2.75, 3.05) is 11.4 Å². The number of rotatable bonds is 5. The Bertz CT molecular complexity index is 424. The largest absolute Gasteiger partial charge is 0.328 e. The van der Waals surface area contributed by atoms with Gasteiger partial charge in [-0.15, -0.1) is 12.4 Å². The van der Waals surface area contributed by atoms with Crippen molar-refractivity contribution in [3.63, 3.8) is 0 Å². The quantitative estimate of drug-likeness (QED) is 0.900. The average molecular weight is 311 g/mol. The molecule has 0 heterocycles. The first-order valence-corrected chi connectivity index (χ1v) is 7.84. The zero-order chi connectivity index (χ0) is 14.4. The first kappa shape index (κ1) is 18.0. The van der Waals surface area contributed by atoms with Gasteiger partial charge in [0, 0.05) is 24.2 Å². The van der Waals surface area contributed by atoms with Gasteiger partial charge >= 0.3 is 0 Å². The second-order valence-corrected chi connectivity index (χ2v) is 5.80. The highest BCUT2D eigenvalue weighted by atomic mass is 35.5. The topological polar surface area (TPSA) is 46.3 Å². The van der Waals surface area contributed by atoms with Gasteiger partial charge in [0.1, 0.15) is 0 Å². The van der Waals surface area contributed by atoms with Crippen LogP contribution in [0.25, 0.3) is 0 Å². The van der Waals surface area contributed by atoms with Crippen molar-refractivity contribution in [3.05, 3.63) is 30.3 Å². The van der Waals surface area contributed by atoms with Crippen LogP contribution in [0.5, 0.6) is 0 Å². The molecule has 3 nitrogen and oxygen atoms in total. The molecule has 0 radical (unpaired) electrons. The van der Waals surface area contributed by atoms with E-state index in [1.807, 2.05) is 35.2 Å². The third-order valence-corrected chi connectivity index (χ3v) is 4.13. The van der Waals surface area contributed by atoms with Crippen LogP contribution >= 0.6 is 12.4 Å². The molecule has 1 aliphatic rings. The standard InChI is InChI=1S/C17H26N2O.ClH/c1-2-3-12-19(16-10-5-4-6-11-16)17(20)14-8-7-9-15(18)13-14;/h4-6,10-11,14-15H,2-3,7-9,12-13,18H2,1H3;1H. The Kier molecular flexibility index (Phi) is 7.76. The van der Waals surface area contributed by atoms with Crippen LogP contribution in [-0.4, -0.2) is 18.5 Å². The Hall–Kier alpha value is -1.06. The van der Waals surface area contributed by atoms with Crippen molar-refractivity contribution in [2.24, 2.45) is 11.7 Å². The summed E-state index contributed by atoms with van der Waals surface area (Å²) in [7, 11) is 0. The monoisotopic (exact) mass is 310 g/mol. The first-order valence-electron chi connectivity index (χ1n) is 7.84. The van der Waals surface area contributed by atoms with Gasteiger partial charge in [-0.3, -0.25) is 4.79 Å². The number of carbonyl (C=O) groups is 1. The maximum Gasteiger partial charge on any atom is 0.230 e. The second-order valence-electron chi connectivity index (χ2n) is 5.80. The number of nitrogens with two attached hydrogens (primary N) is 1. The summed E-state index contributed by atoms with van der Waals surface area (Å²) in [5, 5.41) is 0. The second kappa shape index (κ2) is 9.06. The number of hydrogen-bond donors (Lipinski definition) is 1. The molecule has 0 spiro atoms. The molecular formula is C17H27ClN2O. The van der Waals surface area contributed by atoms with Crippen LogP contribution in [0, 0.1) is 5.92 Å². The molecule has 2 N–H and O–H groups in total. The summed E-state index contributed by atoms with van der Waals surface area (Å²) in [6, 6.07) is 10.2. The Labute approximate surface area is 134 Å². The first-order chi connectivity index (χ1) is 9.72. The Morgan fingerprint density at radius 1 is 1.29 bits per heavy atom. The van der Waals surface area contributed by atoms with Crippen molar-refractivity contribution < 1.29 is 4.79 Å². The van der Waals surface area contributed by atoms with Gasteiger partial charge in [-0.25, -0.2) is 0 Å². The van der Waals surface area contributed by atoms with Gasteiger partial charge in [0.05, 0.1) is 0 Å². The Morgan fingerprint density at radius 2 is 2.00 bits per heavy atom. The Balaban J connectivity index is 0.00000220. The highest BCUT2D eigenvalue weighted by Crippen LogP contribution is 2.27. The molecule has 0 saturated heterocycles. The SMILES string of the molecule is CCCCN(C(=O)C1CCCC(N)C1)c1ccccc1.Cl. The fourth-order valence-corrected chi connectivity index (χ4v) is 2.96. The van der Waals surface area contributed by atoms with Crippen LogP contribution in [0.4, 0.5) is 5.69 Å². The van der Waals surface area contributed by atoms with Crippen LogP contribution < -0.4 is 10.6 Å². The molecule has 0 aromatic heterocycles. The molecule has 2 unspecified atom stereocenters. The molecular weight excluding hydrogens is 284 g/mol. The third kappa shape index (κ3) is 5.01. The number of unbranched alkanes of at least 4 members (excludes halogenated alkanes) is 1. The lowest BCUT2D eigenvalue weighted by molar-refractivity contribution is -0.123. The minimum Gasteiger partial charge on any atom is -0.328 e. The van der Waals surface area contributed by atoms with E-state index in [-0.39, 0.29) is 30.3 Å². The van der Waals surface area contributed by atoms with Gasteiger partial charge in [0.15, 0.2) is 0 Å². The zero-order valence-corrected chi connectivity index (χ0v) is 13.6. The average Bonchev–Trinajstić information content (AvgIpc) is 2.48. The summed E-state index contributed by atoms with van der Waals surface area (Å²) >= 11 is 0. The van der Waals surface area contributed by atoms with E-state index < -0.39 is 0 Å². The third-order valence-electron chi connectivity index (χ3n) is 4.13. The molecule has 2 rings (SSSR count). The molecule has 0 bridgehead atoms. The summed E-state index contributed by atoms with van der Waals surface area (Å²) in [5.74, 6) is 0.371. The number of anilines is 1. The molecule has 1 aliphatic carbocycles. The van der Waals surface area contributed by atoms with E-state index in [1.54, 1.807) is 0 Å². The molecule has 1 aromatic rings. The number of halogens is 1. The van der Waals surface area contributed by atoms with Gasteiger partial charge < -0.3 is 10.6 Å². The smallest absolute Gasteiger partial charge is 0.230 e. The van der Waals surface area contributed by atoms with E-state index in [1.165, 1.54) is 0 Å². The van der Waals surface area contributed by atoms with Gasteiger partial charge in [-0.1, -0.05) is 38.0 Å². The van der Waals surface area contributed by atoms with E-state index in [9.17, 15) is 4.79 Å². The molecule has 118 valence electrons. The number of carbonyl (C=O) groups excluding carboxylic acids is 1. The summed E-state index contributed by atoms with van der Waals surface area (Å²) in [5.41, 5.74) is 7.05. The van der Waals surface area contributed by atoms with Crippen LogP contribution in [-0.2, 0) is 4.79 Å². The predicted octanol–water partition coefficient (Wildman–Crippen LogP) is 3.76. The maximum atomic E-state index is 12.8. The van der Waals surface area contributed by atoms with E-state index in [2.05, 4.69) is 6.92 Å². The van der Waals surface area contributed by atoms with Gasteiger partial charge in [0.2, 0.25) is 5.91 Å². The van der Waals surface area contributed by atoms with E-state index in [4.69, 9.17) is 5.73 Å². The molecule has 4 heteroatoms. The molecule has 2 atom stereocenters. The minimum atomic E-state index is 0. The zero-order valence-electron chi connectivity index (χ0n) is 12.8. The number of hydrogen-bond acceptors (Lipinski definition) is 2. The normalized spacial score (nSPS) is 21.4. The summed E-state index contributed by atoms with van der Waals surface area (Å²) in [6.07, 6.45) is 6.11. The molecule has 0 aliphatic heterocycles. The van der Waals surface area contributed by atoms with Crippen molar-refractivity contribution in [1.82, 2.24) is 0 Å². The lowest BCUT2D eigenvalue weighted by atomic mass is 9.85. The summed E-state index contributed by atoms with van der Waals surface area (Å²) in [4.78, 5) is 14.8. The summed E-state index contributed by atoms with van der Waals surface area (Å²) in [6.45, 7) is 2.97. The molecule has 1 fully saturated rings.